The second-order valence-electron chi connectivity index (χ2n) is 10.1. The topological polar surface area (TPSA) is 76.4 Å². The van der Waals surface area contributed by atoms with Gasteiger partial charge in [0.1, 0.15) is 11.9 Å². The van der Waals surface area contributed by atoms with E-state index in [0.29, 0.717) is 6.54 Å². The van der Waals surface area contributed by atoms with Gasteiger partial charge in [0.15, 0.2) is 0 Å². The highest BCUT2D eigenvalue weighted by molar-refractivity contribution is 5.81. The number of ether oxygens (including phenoxy) is 1. The Kier molecular flexibility index (Phi) is 8.57. The van der Waals surface area contributed by atoms with Crippen LogP contribution in [0.25, 0.3) is 16.6 Å². The number of nitrogens with zero attached hydrogens (tertiary/aromatic N) is 2. The zero-order valence-corrected chi connectivity index (χ0v) is 23.0. The van der Waals surface area contributed by atoms with Gasteiger partial charge in [-0.25, -0.2) is 4.68 Å². The molecule has 4 aromatic carbocycles. The van der Waals surface area contributed by atoms with Crippen molar-refractivity contribution in [3.8, 4) is 11.4 Å². The van der Waals surface area contributed by atoms with Crippen LogP contribution in [-0.2, 0) is 4.79 Å². The van der Waals surface area contributed by atoms with Crippen LogP contribution in [0.4, 0.5) is 0 Å². The molecule has 2 atom stereocenters. The Morgan fingerprint density at radius 1 is 0.900 bits per heavy atom. The third-order valence-corrected chi connectivity index (χ3v) is 7.13. The highest BCUT2D eigenvalue weighted by Gasteiger charge is 2.17. The first-order valence-corrected chi connectivity index (χ1v) is 13.8. The van der Waals surface area contributed by atoms with E-state index in [-0.39, 0.29) is 18.6 Å². The normalized spacial score (nSPS) is 12.8. The van der Waals surface area contributed by atoms with Gasteiger partial charge in [0.25, 0.3) is 0 Å². The van der Waals surface area contributed by atoms with Crippen LogP contribution in [0.1, 0.15) is 60.6 Å². The maximum absolute atomic E-state index is 11.1. The second kappa shape index (κ2) is 12.6. The molecule has 5 rings (SSSR count). The molecule has 0 saturated heterocycles. The lowest BCUT2D eigenvalue weighted by molar-refractivity contribution is -0.136. The number of benzene rings is 4. The smallest absolute Gasteiger partial charge is 0.304 e. The number of aliphatic carboxylic acids is 1. The summed E-state index contributed by atoms with van der Waals surface area (Å²) in [6.45, 7) is 4.63. The van der Waals surface area contributed by atoms with Crippen LogP contribution in [0.15, 0.2) is 103 Å². The Labute approximate surface area is 235 Å². The lowest BCUT2D eigenvalue weighted by atomic mass is 9.96. The van der Waals surface area contributed by atoms with Gasteiger partial charge in [-0.15, -0.1) is 0 Å². The van der Waals surface area contributed by atoms with Crippen molar-refractivity contribution in [1.29, 1.82) is 0 Å². The highest BCUT2D eigenvalue weighted by atomic mass is 16.5. The lowest BCUT2D eigenvalue weighted by Gasteiger charge is -2.22. The van der Waals surface area contributed by atoms with Gasteiger partial charge in [0.2, 0.25) is 0 Å². The Balaban J connectivity index is 1.32. The summed E-state index contributed by atoms with van der Waals surface area (Å²) < 4.78 is 8.39. The number of carboxylic acid groups (broad SMARTS) is 1. The quantitative estimate of drug-likeness (QED) is 0.175. The SMILES string of the molecule is CCCC(Oc1ccc(-n2cc3cccc(C)c3n2)cc1)c1ccc(C(NCCC(=O)O)c2ccccc2)cc1. The average Bonchev–Trinajstić information content (AvgIpc) is 3.42. The maximum atomic E-state index is 11.1. The van der Waals surface area contributed by atoms with Gasteiger partial charge in [-0.1, -0.05) is 86.1 Å². The molecule has 204 valence electrons. The molecule has 6 heteroatoms. The molecule has 0 spiro atoms. The molecule has 2 N–H and O–H groups in total. The minimum absolute atomic E-state index is 0.0725. The van der Waals surface area contributed by atoms with Crippen LogP contribution in [0, 0.1) is 6.92 Å². The van der Waals surface area contributed by atoms with Crippen LogP contribution < -0.4 is 10.1 Å². The van der Waals surface area contributed by atoms with Gasteiger partial charge >= 0.3 is 5.97 Å². The third kappa shape index (κ3) is 6.41. The molecule has 0 aliphatic heterocycles. The van der Waals surface area contributed by atoms with Crippen LogP contribution in [0.2, 0.25) is 0 Å². The van der Waals surface area contributed by atoms with E-state index in [1.807, 2.05) is 47.1 Å². The monoisotopic (exact) mass is 533 g/mol. The Bertz CT molecular complexity index is 1540. The predicted octanol–water partition coefficient (Wildman–Crippen LogP) is 7.41. The van der Waals surface area contributed by atoms with E-state index in [0.717, 1.165) is 57.4 Å². The first-order chi connectivity index (χ1) is 19.5. The molecule has 0 saturated carbocycles. The first kappa shape index (κ1) is 27.2. The Morgan fingerprint density at radius 3 is 2.27 bits per heavy atom. The maximum Gasteiger partial charge on any atom is 0.304 e. The summed E-state index contributed by atoms with van der Waals surface area (Å²) in [6, 6.07) is 32.8. The molecular formula is C34H35N3O3. The summed E-state index contributed by atoms with van der Waals surface area (Å²) in [5.41, 5.74) is 6.46. The summed E-state index contributed by atoms with van der Waals surface area (Å²) in [5.74, 6) is 0.00654. The number of nitrogens with one attached hydrogen (secondary N) is 1. The minimum atomic E-state index is -0.810. The minimum Gasteiger partial charge on any atom is -0.486 e. The van der Waals surface area contributed by atoms with Crippen molar-refractivity contribution < 1.29 is 14.6 Å². The molecule has 40 heavy (non-hydrogen) atoms. The van der Waals surface area contributed by atoms with Crippen molar-refractivity contribution >= 4 is 16.9 Å². The number of aromatic nitrogens is 2. The van der Waals surface area contributed by atoms with Gasteiger partial charge in [-0.3, -0.25) is 4.79 Å². The average molecular weight is 534 g/mol. The molecule has 1 aromatic heterocycles. The third-order valence-electron chi connectivity index (χ3n) is 7.13. The summed E-state index contributed by atoms with van der Waals surface area (Å²) in [7, 11) is 0. The number of fused-ring (bicyclic) bond motifs is 1. The van der Waals surface area contributed by atoms with Crippen LogP contribution in [0.3, 0.4) is 0 Å². The van der Waals surface area contributed by atoms with Gasteiger partial charge in [0.05, 0.1) is 23.7 Å². The summed E-state index contributed by atoms with van der Waals surface area (Å²) in [6.07, 6.45) is 3.94. The fourth-order valence-electron chi connectivity index (χ4n) is 5.02. The van der Waals surface area contributed by atoms with Crippen LogP contribution in [-0.4, -0.2) is 27.4 Å². The summed E-state index contributed by atoms with van der Waals surface area (Å²) >= 11 is 0. The zero-order chi connectivity index (χ0) is 27.9. The van der Waals surface area contributed by atoms with E-state index in [1.54, 1.807) is 0 Å². The van der Waals surface area contributed by atoms with Crippen LogP contribution >= 0.6 is 0 Å². The van der Waals surface area contributed by atoms with Crippen molar-refractivity contribution in [2.45, 2.75) is 45.3 Å². The van der Waals surface area contributed by atoms with Gasteiger partial charge in [-0.05, 0) is 59.9 Å². The predicted molar refractivity (Wildman–Crippen MR) is 159 cm³/mol. The van der Waals surface area contributed by atoms with E-state index in [2.05, 4.69) is 80.0 Å². The van der Waals surface area contributed by atoms with E-state index in [1.165, 1.54) is 0 Å². The standard InChI is InChI=1S/C34H35N3O3/c1-3-8-31(40-30-19-17-29(18-20-30)37-23-28-12-7-9-24(2)33(28)36-37)25-13-15-27(16-14-25)34(35-22-21-32(38)39)26-10-5-4-6-11-26/h4-7,9-20,23,31,34-35H,3,8,21-22H2,1-2H3,(H,38,39). The molecular weight excluding hydrogens is 498 g/mol. The number of rotatable bonds is 12. The molecule has 0 aliphatic carbocycles. The molecule has 1 heterocycles. The van der Waals surface area contributed by atoms with Crippen molar-refractivity contribution in [3.63, 3.8) is 0 Å². The van der Waals surface area contributed by atoms with Gasteiger partial charge in [-0.2, -0.15) is 5.10 Å². The fraction of sp³-hybridized carbons (Fsp3) is 0.235. The molecule has 0 aliphatic rings. The first-order valence-electron chi connectivity index (χ1n) is 13.8. The number of carbonyl (C=O) groups is 1. The Hall–Kier alpha value is -4.42. The molecule has 0 bridgehead atoms. The second-order valence-corrected chi connectivity index (χ2v) is 10.1. The van der Waals surface area contributed by atoms with Gasteiger partial charge < -0.3 is 15.2 Å². The molecule has 2 unspecified atom stereocenters. The van der Waals surface area contributed by atoms with E-state index in [9.17, 15) is 4.79 Å². The van der Waals surface area contributed by atoms with E-state index >= 15 is 0 Å². The molecule has 0 fully saturated rings. The van der Waals surface area contributed by atoms with Crippen LogP contribution in [0.5, 0.6) is 5.75 Å². The van der Waals surface area contributed by atoms with E-state index < -0.39 is 5.97 Å². The number of hydrogen-bond donors (Lipinski definition) is 2. The number of carboxylic acids is 1. The number of aryl methyl sites for hydroxylation is 1. The Morgan fingerprint density at radius 2 is 1.60 bits per heavy atom. The molecule has 0 radical (unpaired) electrons. The summed E-state index contributed by atoms with van der Waals surface area (Å²) in [5, 5.41) is 18.4. The number of hydrogen-bond acceptors (Lipinski definition) is 4. The largest absolute Gasteiger partial charge is 0.486 e. The molecule has 0 amide bonds. The van der Waals surface area contributed by atoms with Crippen molar-refractivity contribution in [3.05, 3.63) is 126 Å². The van der Waals surface area contributed by atoms with Gasteiger partial charge in [0, 0.05) is 18.1 Å². The van der Waals surface area contributed by atoms with E-state index in [4.69, 9.17) is 14.9 Å². The van der Waals surface area contributed by atoms with Crippen molar-refractivity contribution in [1.82, 2.24) is 15.1 Å². The molecule has 6 nitrogen and oxygen atoms in total. The van der Waals surface area contributed by atoms with Crippen molar-refractivity contribution in [2.75, 3.05) is 6.54 Å². The summed E-state index contributed by atoms with van der Waals surface area (Å²) in [4.78, 5) is 11.1. The zero-order valence-electron chi connectivity index (χ0n) is 23.0. The molecule has 5 aromatic rings. The lowest BCUT2D eigenvalue weighted by Crippen LogP contribution is -2.25. The highest BCUT2D eigenvalue weighted by Crippen LogP contribution is 2.30. The fourth-order valence-corrected chi connectivity index (χ4v) is 5.02. The van der Waals surface area contributed by atoms with Crippen molar-refractivity contribution in [2.24, 2.45) is 0 Å².